The Labute approximate surface area is 300 Å². The van der Waals surface area contributed by atoms with E-state index in [1.807, 2.05) is 32.4 Å². The van der Waals surface area contributed by atoms with Gasteiger partial charge in [-0.1, -0.05) is 0 Å². The highest BCUT2D eigenvalue weighted by atomic mass is 31.2. The van der Waals surface area contributed by atoms with Crippen LogP contribution in [0.1, 0.15) is 75.5 Å². The normalized spacial score (nSPS) is 20.6. The second-order valence-corrected chi connectivity index (χ2v) is 17.3. The molecule has 288 valence electrons. The minimum absolute atomic E-state index is 0.0624. The highest BCUT2D eigenvalue weighted by Gasteiger charge is 2.49. The molecule has 2 heterocycles. The Balaban J connectivity index is 2.59. The number of nitrogens with zero attached hydrogens (tertiary/aromatic N) is 3. The molecule has 17 nitrogen and oxygen atoms in total. The van der Waals surface area contributed by atoms with E-state index in [9.17, 15) is 23.7 Å². The van der Waals surface area contributed by atoms with Crippen LogP contribution in [-0.2, 0) is 51.2 Å². The van der Waals surface area contributed by atoms with Gasteiger partial charge in [-0.05, 0) is 75.3 Å². The summed E-state index contributed by atoms with van der Waals surface area (Å²) in [5.74, 6) is -0.221. The average Bonchev–Trinajstić information content (AvgIpc) is 3.35. The lowest BCUT2D eigenvalue weighted by molar-refractivity contribution is -0.161. The van der Waals surface area contributed by atoms with Crippen LogP contribution in [0.3, 0.4) is 0 Å². The SMILES string of the molecule is [C-]#[N+]CCOP(OC1[C@@H](/C=C/P(=O)(OCOC(=O)C(C)(C)C)OCOC(=O)C(C)(C)C)O[C@@H](n2ccc(=O)[nH]c2=O)[C@H]1OC)N(C(C)C)C(C)C. The highest BCUT2D eigenvalue weighted by molar-refractivity contribution is 7.57. The molecule has 5 atom stereocenters. The molecule has 0 aliphatic carbocycles. The van der Waals surface area contributed by atoms with Crippen molar-refractivity contribution in [2.45, 2.75) is 106 Å². The Hall–Kier alpha value is -2.77. The first-order valence-corrected chi connectivity index (χ1v) is 19.0. The molecular weight excluding hydrogens is 710 g/mol. The lowest BCUT2D eigenvalue weighted by Gasteiger charge is -2.37. The fraction of sp³-hybridized carbons (Fsp3) is 0.719. The molecule has 51 heavy (non-hydrogen) atoms. The van der Waals surface area contributed by atoms with Gasteiger partial charge >= 0.3 is 25.2 Å². The second-order valence-electron chi connectivity index (χ2n) is 14.0. The van der Waals surface area contributed by atoms with E-state index in [0.29, 0.717) is 0 Å². The molecule has 1 saturated heterocycles. The van der Waals surface area contributed by atoms with Crippen molar-refractivity contribution in [3.8, 4) is 0 Å². The molecule has 1 aromatic rings. The van der Waals surface area contributed by atoms with Crippen molar-refractivity contribution in [1.82, 2.24) is 14.2 Å². The van der Waals surface area contributed by atoms with Gasteiger partial charge in [-0.2, -0.15) is 0 Å². The molecular formula is C32H52N4O13P2. The van der Waals surface area contributed by atoms with E-state index >= 15 is 0 Å². The van der Waals surface area contributed by atoms with Crippen molar-refractivity contribution in [1.29, 1.82) is 0 Å². The molecule has 0 saturated carbocycles. The van der Waals surface area contributed by atoms with Crippen LogP contribution in [-0.4, -0.2) is 90.4 Å². The van der Waals surface area contributed by atoms with Crippen molar-refractivity contribution < 1.29 is 51.2 Å². The Bertz CT molecular complexity index is 1500. The Kier molecular flexibility index (Phi) is 16.8. The molecule has 2 rings (SSSR count). The number of carbonyl (C=O) groups excluding carboxylic acids is 2. The number of nitrogens with one attached hydrogen (secondary N) is 1. The minimum atomic E-state index is -4.35. The molecule has 2 unspecified atom stereocenters. The van der Waals surface area contributed by atoms with E-state index in [4.69, 9.17) is 43.6 Å². The topological polar surface area (TPSA) is 188 Å². The van der Waals surface area contributed by atoms with Crippen LogP contribution in [0.2, 0.25) is 0 Å². The predicted octanol–water partition coefficient (Wildman–Crippen LogP) is 4.95. The van der Waals surface area contributed by atoms with Crippen LogP contribution in [0.4, 0.5) is 0 Å². The van der Waals surface area contributed by atoms with Crippen molar-refractivity contribution in [3.63, 3.8) is 0 Å². The summed E-state index contributed by atoms with van der Waals surface area (Å²) in [4.78, 5) is 55.0. The van der Waals surface area contributed by atoms with Crippen molar-refractivity contribution in [2.24, 2.45) is 10.8 Å². The van der Waals surface area contributed by atoms with Crippen LogP contribution in [0, 0.1) is 17.4 Å². The highest BCUT2D eigenvalue weighted by Crippen LogP contribution is 2.53. The monoisotopic (exact) mass is 762 g/mol. The summed E-state index contributed by atoms with van der Waals surface area (Å²) >= 11 is 0. The minimum Gasteiger partial charge on any atom is -0.438 e. The smallest absolute Gasteiger partial charge is 0.359 e. The van der Waals surface area contributed by atoms with Gasteiger partial charge in [0.05, 0.1) is 10.8 Å². The van der Waals surface area contributed by atoms with Gasteiger partial charge in [0.15, 0.2) is 6.23 Å². The van der Waals surface area contributed by atoms with E-state index in [1.165, 1.54) is 19.4 Å². The summed E-state index contributed by atoms with van der Waals surface area (Å²) in [6, 6.07) is 1.02. The van der Waals surface area contributed by atoms with E-state index in [1.54, 1.807) is 41.5 Å². The zero-order chi connectivity index (χ0) is 38.7. The quantitative estimate of drug-likeness (QED) is 0.0696. The van der Waals surface area contributed by atoms with Gasteiger partial charge in [0, 0.05) is 37.3 Å². The van der Waals surface area contributed by atoms with Gasteiger partial charge in [-0.25, -0.2) is 16.0 Å². The number of hydrogen-bond donors (Lipinski definition) is 1. The number of aromatic nitrogens is 2. The number of H-pyrrole nitrogens is 1. The number of aromatic amines is 1. The maximum Gasteiger partial charge on any atom is 0.359 e. The zero-order valence-corrected chi connectivity index (χ0v) is 32.9. The van der Waals surface area contributed by atoms with E-state index in [-0.39, 0.29) is 25.2 Å². The molecule has 0 aromatic carbocycles. The third-order valence-corrected chi connectivity index (χ3v) is 10.6. The molecule has 1 aliphatic heterocycles. The fourth-order valence-electron chi connectivity index (χ4n) is 4.49. The molecule has 1 aliphatic rings. The van der Waals surface area contributed by atoms with E-state index in [0.717, 1.165) is 16.5 Å². The van der Waals surface area contributed by atoms with Crippen molar-refractivity contribution in [2.75, 3.05) is 33.8 Å². The molecule has 1 fully saturated rings. The van der Waals surface area contributed by atoms with Gasteiger partial charge in [0.1, 0.15) is 24.9 Å². The number of ether oxygens (including phenoxy) is 4. The summed E-state index contributed by atoms with van der Waals surface area (Å²) < 4.78 is 63.1. The summed E-state index contributed by atoms with van der Waals surface area (Å²) in [7, 11) is -4.85. The van der Waals surface area contributed by atoms with Gasteiger partial charge < -0.3 is 32.8 Å². The Morgan fingerprint density at radius 1 is 1.04 bits per heavy atom. The van der Waals surface area contributed by atoms with Crippen LogP contribution < -0.4 is 11.2 Å². The molecule has 0 bridgehead atoms. The maximum atomic E-state index is 14.0. The molecule has 0 amide bonds. The van der Waals surface area contributed by atoms with Gasteiger partial charge in [0.2, 0.25) is 20.1 Å². The van der Waals surface area contributed by atoms with Crippen LogP contribution in [0.5, 0.6) is 0 Å². The van der Waals surface area contributed by atoms with Crippen molar-refractivity contribution >= 4 is 28.1 Å². The molecule has 0 radical (unpaired) electrons. The Morgan fingerprint density at radius 3 is 2.04 bits per heavy atom. The summed E-state index contributed by atoms with van der Waals surface area (Å²) in [5, 5.41) is 0. The van der Waals surface area contributed by atoms with Gasteiger partial charge in [-0.3, -0.25) is 37.5 Å². The fourth-order valence-corrected chi connectivity index (χ4v) is 7.26. The lowest BCUT2D eigenvalue weighted by Crippen LogP contribution is -2.41. The van der Waals surface area contributed by atoms with E-state index in [2.05, 4.69) is 9.83 Å². The summed E-state index contributed by atoms with van der Waals surface area (Å²) in [6.45, 7) is 23.4. The first kappa shape index (κ1) is 44.4. The van der Waals surface area contributed by atoms with Gasteiger partial charge in [-0.15, -0.1) is 0 Å². The van der Waals surface area contributed by atoms with Crippen LogP contribution in [0.25, 0.3) is 4.85 Å². The molecule has 0 spiro atoms. The first-order valence-electron chi connectivity index (χ1n) is 16.3. The third-order valence-electron chi connectivity index (χ3n) is 7.01. The van der Waals surface area contributed by atoms with E-state index < -0.39 is 88.3 Å². The average molecular weight is 763 g/mol. The Morgan fingerprint density at radius 2 is 1.59 bits per heavy atom. The summed E-state index contributed by atoms with van der Waals surface area (Å²) in [6.07, 6.45) is -1.76. The number of methoxy groups -OCH3 is 1. The number of esters is 2. The summed E-state index contributed by atoms with van der Waals surface area (Å²) in [5.41, 5.74) is -3.16. The second kappa shape index (κ2) is 19.3. The number of carbonyl (C=O) groups is 2. The predicted molar refractivity (Wildman–Crippen MR) is 187 cm³/mol. The molecule has 1 N–H and O–H groups in total. The first-order chi connectivity index (χ1) is 23.6. The maximum absolute atomic E-state index is 14.0. The van der Waals surface area contributed by atoms with Crippen LogP contribution in [0.15, 0.2) is 33.7 Å². The standard InChI is InChI=1S/C32H52N4O13P2/c1-21(2)36(22(3)4)50(45-17-15-33-11)49-25-23(48-27(26(25)42-12)35-16-13-24(37)34-30(35)40)14-18-51(41,46-19-43-28(38)31(5,6)7)47-20-44-29(39)32(8,9)10/h13-14,16,18,21-23,25-27H,15,17,19-20H2,1-10,12H3,(H,34,37,40)/b18-14+/t23-,25?,26+,27-,50?/m1/s1. The van der Waals surface area contributed by atoms with Crippen LogP contribution >= 0.6 is 16.1 Å². The van der Waals surface area contributed by atoms with Crippen molar-refractivity contribution in [3.05, 3.63) is 56.4 Å². The van der Waals surface area contributed by atoms with Gasteiger partial charge in [0.25, 0.3) is 14.1 Å². The number of hydrogen-bond acceptors (Lipinski definition) is 14. The molecule has 19 heteroatoms. The zero-order valence-electron chi connectivity index (χ0n) is 31.1. The number of rotatable bonds is 18. The lowest BCUT2D eigenvalue weighted by atomic mass is 9.98. The molecule has 1 aromatic heterocycles. The third kappa shape index (κ3) is 13.3. The largest absolute Gasteiger partial charge is 0.438 e.